The second-order valence-electron chi connectivity index (χ2n) is 5.20. The van der Waals surface area contributed by atoms with Gasteiger partial charge in [0, 0.05) is 17.3 Å². The average Bonchev–Trinajstić information content (AvgIpc) is 2.61. The van der Waals surface area contributed by atoms with E-state index in [1.807, 2.05) is 31.2 Å². The molecule has 2 N–H and O–H groups in total. The molecule has 2 aromatic rings. The van der Waals surface area contributed by atoms with Crippen molar-refractivity contribution in [2.75, 3.05) is 19.0 Å². The van der Waals surface area contributed by atoms with Gasteiger partial charge in [0.25, 0.3) is 5.91 Å². The van der Waals surface area contributed by atoms with Crippen molar-refractivity contribution in [2.45, 2.75) is 6.92 Å². The molecule has 0 aliphatic heterocycles. The van der Waals surface area contributed by atoms with Crippen LogP contribution in [-0.2, 0) is 4.79 Å². The van der Waals surface area contributed by atoms with E-state index in [-0.39, 0.29) is 23.9 Å². The Balaban J connectivity index is 1.89. The van der Waals surface area contributed by atoms with Gasteiger partial charge in [-0.3, -0.25) is 14.9 Å². The van der Waals surface area contributed by atoms with Gasteiger partial charge in [0.05, 0.1) is 24.8 Å². The molecule has 0 heterocycles. The number of carbonyl (C=O) groups excluding carboxylic acids is 1. The molecule has 0 aromatic heterocycles. The van der Waals surface area contributed by atoms with Crippen molar-refractivity contribution in [2.24, 2.45) is 5.10 Å². The number of carbonyl (C=O) groups is 1. The predicted molar refractivity (Wildman–Crippen MR) is 95.1 cm³/mol. The summed E-state index contributed by atoms with van der Waals surface area (Å²) in [6.45, 7) is 2.04. The molecule has 2 rings (SSSR count). The lowest BCUT2D eigenvalue weighted by Crippen LogP contribution is -2.25. The maximum Gasteiger partial charge on any atom is 0.311 e. The number of rotatable bonds is 7. The number of methoxy groups -OCH3 is 1. The lowest BCUT2D eigenvalue weighted by Gasteiger charge is -2.05. The Hall–Kier alpha value is -3.42. The van der Waals surface area contributed by atoms with E-state index >= 15 is 0 Å². The van der Waals surface area contributed by atoms with Crippen molar-refractivity contribution in [1.29, 1.82) is 0 Å². The van der Waals surface area contributed by atoms with Gasteiger partial charge in [-0.1, -0.05) is 17.7 Å². The number of nitro groups is 1. The number of nitro benzene ring substituents is 1. The minimum absolute atomic E-state index is 0.0587. The number of hydrogen-bond donors (Lipinski definition) is 2. The van der Waals surface area contributed by atoms with Crippen LogP contribution in [-0.4, -0.2) is 30.7 Å². The summed E-state index contributed by atoms with van der Waals surface area (Å²) in [4.78, 5) is 22.2. The van der Waals surface area contributed by atoms with Crippen LogP contribution in [0.4, 0.5) is 11.4 Å². The van der Waals surface area contributed by atoms with Crippen molar-refractivity contribution < 1.29 is 14.5 Å². The Morgan fingerprint density at radius 3 is 2.64 bits per heavy atom. The van der Waals surface area contributed by atoms with Crippen LogP contribution in [0.5, 0.6) is 5.75 Å². The van der Waals surface area contributed by atoms with Crippen LogP contribution in [0.15, 0.2) is 47.6 Å². The molecule has 0 atom stereocenters. The van der Waals surface area contributed by atoms with Crippen LogP contribution in [0.3, 0.4) is 0 Å². The second kappa shape index (κ2) is 8.44. The maximum atomic E-state index is 11.7. The SMILES string of the molecule is COc1ccc(/C=N/NC(=O)CNc2ccc(C)cc2)cc1[N+](=O)[O-]. The first kappa shape index (κ1) is 17.9. The molecule has 0 bridgehead atoms. The molecule has 0 saturated heterocycles. The molecule has 0 spiro atoms. The molecule has 0 aliphatic carbocycles. The van der Waals surface area contributed by atoms with Gasteiger partial charge < -0.3 is 10.1 Å². The Bertz CT molecular complexity index is 788. The fourth-order valence-corrected chi connectivity index (χ4v) is 2.00. The lowest BCUT2D eigenvalue weighted by atomic mass is 10.2. The first-order valence-corrected chi connectivity index (χ1v) is 7.44. The van der Waals surface area contributed by atoms with Crippen LogP contribution in [0.1, 0.15) is 11.1 Å². The number of hydrazone groups is 1. The lowest BCUT2D eigenvalue weighted by molar-refractivity contribution is -0.385. The molecule has 25 heavy (non-hydrogen) atoms. The highest BCUT2D eigenvalue weighted by atomic mass is 16.6. The van der Waals surface area contributed by atoms with E-state index in [9.17, 15) is 14.9 Å². The summed E-state index contributed by atoms with van der Waals surface area (Å²) in [5.41, 5.74) is 4.62. The summed E-state index contributed by atoms with van der Waals surface area (Å²) in [6, 6.07) is 12.0. The molecule has 2 aromatic carbocycles. The van der Waals surface area contributed by atoms with E-state index in [1.165, 1.54) is 25.5 Å². The van der Waals surface area contributed by atoms with Gasteiger partial charge >= 0.3 is 5.69 Å². The van der Waals surface area contributed by atoms with Crippen LogP contribution in [0.2, 0.25) is 0 Å². The van der Waals surface area contributed by atoms with Crippen molar-refractivity contribution in [3.63, 3.8) is 0 Å². The normalized spacial score (nSPS) is 10.5. The van der Waals surface area contributed by atoms with E-state index in [1.54, 1.807) is 6.07 Å². The van der Waals surface area contributed by atoms with Gasteiger partial charge in [-0.05, 0) is 31.2 Å². The highest BCUT2D eigenvalue weighted by Crippen LogP contribution is 2.26. The number of anilines is 1. The zero-order chi connectivity index (χ0) is 18.2. The molecule has 0 saturated carbocycles. The average molecular weight is 342 g/mol. The molecule has 0 aliphatic rings. The van der Waals surface area contributed by atoms with Crippen molar-refractivity contribution >= 4 is 23.5 Å². The van der Waals surface area contributed by atoms with E-state index in [4.69, 9.17) is 4.74 Å². The number of hydrogen-bond acceptors (Lipinski definition) is 6. The minimum atomic E-state index is -0.541. The standard InChI is InChI=1S/C17H18N4O4/c1-12-3-6-14(7-4-12)18-11-17(22)20-19-10-13-5-8-16(25-2)15(9-13)21(23)24/h3-10,18H,11H2,1-2H3,(H,20,22)/b19-10+. The van der Waals surface area contributed by atoms with Gasteiger partial charge in [0.15, 0.2) is 5.75 Å². The monoisotopic (exact) mass is 342 g/mol. The molecule has 8 nitrogen and oxygen atoms in total. The Morgan fingerprint density at radius 1 is 1.28 bits per heavy atom. The van der Waals surface area contributed by atoms with Gasteiger partial charge in [-0.25, -0.2) is 5.43 Å². The third-order valence-electron chi connectivity index (χ3n) is 3.31. The van der Waals surface area contributed by atoms with Gasteiger partial charge in [-0.15, -0.1) is 0 Å². The second-order valence-corrected chi connectivity index (χ2v) is 5.20. The Labute approximate surface area is 144 Å². The third-order valence-corrected chi connectivity index (χ3v) is 3.31. The van der Waals surface area contributed by atoms with Crippen molar-refractivity contribution in [3.05, 3.63) is 63.7 Å². The molecule has 8 heteroatoms. The van der Waals surface area contributed by atoms with Crippen LogP contribution in [0, 0.1) is 17.0 Å². The van der Waals surface area contributed by atoms with Gasteiger partial charge in [-0.2, -0.15) is 5.10 Å². The summed E-state index contributed by atoms with van der Waals surface area (Å²) in [6.07, 6.45) is 1.33. The maximum absolute atomic E-state index is 11.7. The first-order valence-electron chi connectivity index (χ1n) is 7.44. The molecule has 0 unspecified atom stereocenters. The third kappa shape index (κ3) is 5.31. The largest absolute Gasteiger partial charge is 0.490 e. The van der Waals surface area contributed by atoms with E-state index < -0.39 is 4.92 Å². The molecule has 0 fully saturated rings. The fraction of sp³-hybridized carbons (Fsp3) is 0.176. The number of ether oxygens (including phenoxy) is 1. The number of benzene rings is 2. The van der Waals surface area contributed by atoms with Crippen molar-refractivity contribution in [3.8, 4) is 5.75 Å². The molecule has 130 valence electrons. The first-order chi connectivity index (χ1) is 12.0. The summed E-state index contributed by atoms with van der Waals surface area (Å²) >= 11 is 0. The van der Waals surface area contributed by atoms with E-state index in [0.29, 0.717) is 5.56 Å². The molecule has 1 amide bonds. The molecular formula is C17H18N4O4. The van der Waals surface area contributed by atoms with Crippen LogP contribution >= 0.6 is 0 Å². The van der Waals surface area contributed by atoms with Gasteiger partial charge in [0.2, 0.25) is 0 Å². The summed E-state index contributed by atoms with van der Waals surface area (Å²) in [5, 5.41) is 17.7. The zero-order valence-corrected chi connectivity index (χ0v) is 13.9. The van der Waals surface area contributed by atoms with E-state index in [0.717, 1.165) is 11.3 Å². The quantitative estimate of drug-likeness (QED) is 0.457. The number of nitrogens with zero attached hydrogens (tertiary/aromatic N) is 2. The Kier molecular flexibility index (Phi) is 6.05. The summed E-state index contributed by atoms with van der Waals surface area (Å²) < 4.78 is 4.92. The summed E-state index contributed by atoms with van der Waals surface area (Å²) in [7, 11) is 1.36. The van der Waals surface area contributed by atoms with Crippen LogP contribution < -0.4 is 15.5 Å². The number of aryl methyl sites for hydroxylation is 1. The highest BCUT2D eigenvalue weighted by molar-refractivity contribution is 5.85. The van der Waals surface area contributed by atoms with Crippen molar-refractivity contribution in [1.82, 2.24) is 5.43 Å². The number of amides is 1. The highest BCUT2D eigenvalue weighted by Gasteiger charge is 2.14. The Morgan fingerprint density at radius 2 is 2.00 bits per heavy atom. The summed E-state index contributed by atoms with van der Waals surface area (Å²) in [5.74, 6) is -0.173. The zero-order valence-electron chi connectivity index (χ0n) is 13.9. The smallest absolute Gasteiger partial charge is 0.311 e. The van der Waals surface area contributed by atoms with E-state index in [2.05, 4.69) is 15.8 Å². The number of nitrogens with one attached hydrogen (secondary N) is 2. The fourth-order valence-electron chi connectivity index (χ4n) is 2.00. The topological polar surface area (TPSA) is 106 Å². The van der Waals surface area contributed by atoms with Crippen LogP contribution in [0.25, 0.3) is 0 Å². The molecular weight excluding hydrogens is 324 g/mol. The predicted octanol–water partition coefficient (Wildman–Crippen LogP) is 2.47. The minimum Gasteiger partial charge on any atom is -0.490 e. The molecule has 0 radical (unpaired) electrons. The van der Waals surface area contributed by atoms with Gasteiger partial charge in [0.1, 0.15) is 0 Å².